The summed E-state index contributed by atoms with van der Waals surface area (Å²) < 4.78 is 27.3. The highest BCUT2D eigenvalue weighted by molar-refractivity contribution is 7.88. The van der Waals surface area contributed by atoms with Gasteiger partial charge in [0.1, 0.15) is 0 Å². The van der Waals surface area contributed by atoms with Gasteiger partial charge in [-0.1, -0.05) is 45.9 Å². The lowest BCUT2D eigenvalue weighted by atomic mass is 10.0. The van der Waals surface area contributed by atoms with Crippen molar-refractivity contribution in [1.29, 1.82) is 5.26 Å². The molecule has 0 heterocycles. The van der Waals surface area contributed by atoms with E-state index < -0.39 is 10.0 Å². The number of nitrogens with zero attached hydrogens (tertiary/aromatic N) is 1. The van der Waals surface area contributed by atoms with Crippen LogP contribution in [-0.2, 0) is 15.8 Å². The molecule has 0 radical (unpaired) electrons. The fraction of sp³-hybridized carbons (Fsp3) is 0.533. The predicted octanol–water partition coefficient (Wildman–Crippen LogP) is 2.41. The molecule has 5 heteroatoms. The molecule has 1 saturated carbocycles. The zero-order chi connectivity index (χ0) is 15.2. The summed E-state index contributed by atoms with van der Waals surface area (Å²) in [6, 6.07) is 8.76. The fourth-order valence-corrected chi connectivity index (χ4v) is 4.37. The summed E-state index contributed by atoms with van der Waals surface area (Å²) in [5, 5.41) is 9.01. The zero-order valence-electron chi connectivity index (χ0n) is 12.3. The molecule has 1 aromatic carbocycles. The Morgan fingerprint density at radius 3 is 2.25 bits per heavy atom. The van der Waals surface area contributed by atoms with Crippen LogP contribution >= 0.6 is 0 Å². The highest BCUT2D eigenvalue weighted by atomic mass is 32.2. The monoisotopic (exact) mass is 292 g/mol. The maximum absolute atomic E-state index is 12.3. The molecule has 0 bridgehead atoms. The van der Waals surface area contributed by atoms with Gasteiger partial charge in [0.2, 0.25) is 10.0 Å². The predicted molar refractivity (Wildman–Crippen MR) is 78.3 cm³/mol. The number of rotatable bonds is 4. The third-order valence-electron chi connectivity index (χ3n) is 4.80. The van der Waals surface area contributed by atoms with E-state index in [-0.39, 0.29) is 22.6 Å². The lowest BCUT2D eigenvalue weighted by Crippen LogP contribution is -2.31. The molecular weight excluding hydrogens is 272 g/mol. The summed E-state index contributed by atoms with van der Waals surface area (Å²) in [6.07, 6.45) is 0. The van der Waals surface area contributed by atoms with Gasteiger partial charge < -0.3 is 0 Å². The van der Waals surface area contributed by atoms with Crippen molar-refractivity contribution in [3.63, 3.8) is 0 Å². The first-order chi connectivity index (χ1) is 9.12. The van der Waals surface area contributed by atoms with E-state index in [9.17, 15) is 8.42 Å². The molecule has 4 nitrogen and oxygen atoms in total. The smallest absolute Gasteiger partial charge is 0.212 e. The standard InChI is InChI=1S/C15H20N2O2S/c1-14(2)13(15(14,3)4)17-20(18,19)10-12-8-6-5-7-11(12)9-16/h5-8,13,17H,10H2,1-4H3. The van der Waals surface area contributed by atoms with Crippen molar-refractivity contribution in [1.82, 2.24) is 4.72 Å². The Bertz CT molecular complexity index is 655. The van der Waals surface area contributed by atoms with Crippen LogP contribution in [0.2, 0.25) is 0 Å². The van der Waals surface area contributed by atoms with Gasteiger partial charge in [-0.15, -0.1) is 0 Å². The van der Waals surface area contributed by atoms with Crippen molar-refractivity contribution >= 4 is 10.0 Å². The highest BCUT2D eigenvalue weighted by Gasteiger charge is 2.65. The second kappa shape index (κ2) is 4.57. The largest absolute Gasteiger partial charge is 0.216 e. The first-order valence-corrected chi connectivity index (χ1v) is 8.25. The molecule has 20 heavy (non-hydrogen) atoms. The Balaban J connectivity index is 2.16. The number of nitrogens with one attached hydrogen (secondary N) is 1. The van der Waals surface area contributed by atoms with E-state index in [0.717, 1.165) is 0 Å². The molecule has 1 N–H and O–H groups in total. The molecule has 0 saturated heterocycles. The van der Waals surface area contributed by atoms with Crippen molar-refractivity contribution in [2.24, 2.45) is 10.8 Å². The molecule has 0 spiro atoms. The SMILES string of the molecule is CC1(C)C(NS(=O)(=O)Cc2ccccc2C#N)C1(C)C. The molecule has 0 atom stereocenters. The first-order valence-electron chi connectivity index (χ1n) is 6.60. The van der Waals surface area contributed by atoms with E-state index in [1.165, 1.54) is 0 Å². The molecular formula is C15H20N2O2S. The third kappa shape index (κ3) is 2.46. The summed E-state index contributed by atoms with van der Waals surface area (Å²) in [7, 11) is -3.45. The van der Waals surface area contributed by atoms with E-state index in [1.807, 2.05) is 6.07 Å². The molecule has 1 aliphatic carbocycles. The average molecular weight is 292 g/mol. The lowest BCUT2D eigenvalue weighted by Gasteiger charge is -2.09. The lowest BCUT2D eigenvalue weighted by molar-refractivity contribution is 0.457. The maximum Gasteiger partial charge on any atom is 0.216 e. The van der Waals surface area contributed by atoms with Gasteiger partial charge in [-0.3, -0.25) is 0 Å². The molecule has 0 unspecified atom stereocenters. The Hall–Kier alpha value is -1.38. The topological polar surface area (TPSA) is 70.0 Å². The van der Waals surface area contributed by atoms with E-state index in [2.05, 4.69) is 32.4 Å². The molecule has 1 aliphatic rings. The number of sulfonamides is 1. The van der Waals surface area contributed by atoms with Crippen molar-refractivity contribution in [3.05, 3.63) is 35.4 Å². The number of hydrogen-bond acceptors (Lipinski definition) is 3. The average Bonchev–Trinajstić information content (AvgIpc) is 2.71. The van der Waals surface area contributed by atoms with E-state index in [1.54, 1.807) is 24.3 Å². The minimum absolute atomic E-state index is 0.0468. The molecule has 0 aliphatic heterocycles. The van der Waals surface area contributed by atoms with Crippen LogP contribution in [0, 0.1) is 22.2 Å². The molecule has 1 fully saturated rings. The first kappa shape index (κ1) is 15.0. The summed E-state index contributed by atoms with van der Waals surface area (Å²) in [4.78, 5) is 0. The van der Waals surface area contributed by atoms with E-state index in [4.69, 9.17) is 5.26 Å². The molecule has 1 aromatic rings. The third-order valence-corrected chi connectivity index (χ3v) is 6.09. The van der Waals surface area contributed by atoms with Gasteiger partial charge in [-0.05, 0) is 22.5 Å². The number of hydrogen-bond donors (Lipinski definition) is 1. The second-order valence-corrected chi connectivity index (χ2v) is 8.28. The van der Waals surface area contributed by atoms with Crippen LogP contribution in [0.3, 0.4) is 0 Å². The van der Waals surface area contributed by atoms with Gasteiger partial charge in [-0.2, -0.15) is 5.26 Å². The van der Waals surface area contributed by atoms with Gasteiger partial charge in [0.15, 0.2) is 0 Å². The Labute approximate surface area is 120 Å². The van der Waals surface area contributed by atoms with Crippen molar-refractivity contribution in [2.75, 3.05) is 0 Å². The molecule has 0 aromatic heterocycles. The van der Waals surface area contributed by atoms with E-state index >= 15 is 0 Å². The van der Waals surface area contributed by atoms with E-state index in [0.29, 0.717) is 11.1 Å². The van der Waals surface area contributed by atoms with Crippen molar-refractivity contribution in [3.8, 4) is 6.07 Å². The van der Waals surface area contributed by atoms with Gasteiger partial charge >= 0.3 is 0 Å². The molecule has 108 valence electrons. The summed E-state index contributed by atoms with van der Waals surface area (Å²) in [5.74, 6) is -0.153. The Kier molecular flexibility index (Phi) is 3.43. The van der Waals surface area contributed by atoms with Gasteiger partial charge in [0.05, 0.1) is 17.4 Å². The normalized spacial score (nSPS) is 20.4. The van der Waals surface area contributed by atoms with Gasteiger partial charge in [-0.25, -0.2) is 13.1 Å². The Morgan fingerprint density at radius 2 is 1.75 bits per heavy atom. The van der Waals surface area contributed by atoms with Crippen LogP contribution in [0.1, 0.15) is 38.8 Å². The second-order valence-electron chi connectivity index (χ2n) is 6.52. The Morgan fingerprint density at radius 1 is 1.20 bits per heavy atom. The van der Waals surface area contributed by atoms with Crippen molar-refractivity contribution in [2.45, 2.75) is 39.5 Å². The quantitative estimate of drug-likeness (QED) is 0.926. The van der Waals surface area contributed by atoms with Gasteiger partial charge in [0, 0.05) is 6.04 Å². The van der Waals surface area contributed by atoms with Gasteiger partial charge in [0.25, 0.3) is 0 Å². The molecule has 0 amide bonds. The minimum Gasteiger partial charge on any atom is -0.212 e. The highest BCUT2D eigenvalue weighted by Crippen LogP contribution is 2.62. The summed E-state index contributed by atoms with van der Waals surface area (Å²) in [6.45, 7) is 8.24. The van der Waals surface area contributed by atoms with Crippen LogP contribution in [0.25, 0.3) is 0 Å². The van der Waals surface area contributed by atoms with Crippen LogP contribution in [0.15, 0.2) is 24.3 Å². The number of benzene rings is 1. The van der Waals surface area contributed by atoms with Crippen LogP contribution in [0.4, 0.5) is 0 Å². The summed E-state index contributed by atoms with van der Waals surface area (Å²) >= 11 is 0. The zero-order valence-corrected chi connectivity index (χ0v) is 13.1. The maximum atomic E-state index is 12.3. The van der Waals surface area contributed by atoms with Crippen LogP contribution < -0.4 is 4.72 Å². The fourth-order valence-electron chi connectivity index (χ4n) is 2.67. The van der Waals surface area contributed by atoms with Crippen LogP contribution in [-0.4, -0.2) is 14.5 Å². The van der Waals surface area contributed by atoms with Crippen molar-refractivity contribution < 1.29 is 8.42 Å². The van der Waals surface area contributed by atoms with Crippen LogP contribution in [0.5, 0.6) is 0 Å². The number of nitriles is 1. The minimum atomic E-state index is -3.45. The summed E-state index contributed by atoms with van der Waals surface area (Å²) in [5.41, 5.74) is 0.856. The molecule has 2 rings (SSSR count).